The first kappa shape index (κ1) is 14.1. The molecule has 0 fully saturated rings. The number of nitrogens with zero attached hydrogens (tertiary/aromatic N) is 3. The van der Waals surface area contributed by atoms with Crippen molar-refractivity contribution in [3.63, 3.8) is 0 Å². The first-order chi connectivity index (χ1) is 9.99. The SMILES string of the molecule is O=S(=O)(Nc1nnc2ccccn12)c1c(Cl)cccc1Cl. The zero-order valence-electron chi connectivity index (χ0n) is 10.4. The summed E-state index contributed by atoms with van der Waals surface area (Å²) in [5.74, 6) is 0.0570. The third-order valence-corrected chi connectivity index (χ3v) is 5.01. The summed E-state index contributed by atoms with van der Waals surface area (Å²) in [6.07, 6.45) is 1.64. The lowest BCUT2D eigenvalue weighted by Gasteiger charge is -2.09. The van der Waals surface area contributed by atoms with Crippen LogP contribution >= 0.6 is 23.2 Å². The van der Waals surface area contributed by atoms with Crippen LogP contribution < -0.4 is 4.72 Å². The fourth-order valence-electron chi connectivity index (χ4n) is 1.82. The third-order valence-electron chi connectivity index (χ3n) is 2.73. The number of pyridine rings is 1. The summed E-state index contributed by atoms with van der Waals surface area (Å²) in [5, 5.41) is 7.73. The summed E-state index contributed by atoms with van der Waals surface area (Å²) < 4.78 is 28.7. The van der Waals surface area contributed by atoms with Crippen LogP contribution in [-0.2, 0) is 10.0 Å². The molecule has 0 aliphatic heterocycles. The molecule has 0 atom stereocenters. The van der Waals surface area contributed by atoms with Crippen molar-refractivity contribution in [3.05, 3.63) is 52.6 Å². The highest BCUT2D eigenvalue weighted by atomic mass is 35.5. The lowest BCUT2D eigenvalue weighted by molar-refractivity contribution is 0.601. The van der Waals surface area contributed by atoms with Gasteiger partial charge in [-0.2, -0.15) is 0 Å². The van der Waals surface area contributed by atoms with Crippen LogP contribution in [0.2, 0.25) is 10.0 Å². The number of fused-ring (bicyclic) bond motifs is 1. The van der Waals surface area contributed by atoms with Crippen LogP contribution in [0.15, 0.2) is 47.5 Å². The van der Waals surface area contributed by atoms with E-state index in [1.54, 1.807) is 30.5 Å². The molecule has 3 aromatic rings. The van der Waals surface area contributed by atoms with E-state index in [1.807, 2.05) is 0 Å². The molecular formula is C12H8Cl2N4O2S. The average Bonchev–Trinajstić information content (AvgIpc) is 2.81. The molecule has 0 saturated carbocycles. The van der Waals surface area contributed by atoms with Crippen molar-refractivity contribution in [1.29, 1.82) is 0 Å². The minimum Gasteiger partial charge on any atom is -0.268 e. The van der Waals surface area contributed by atoms with E-state index < -0.39 is 10.0 Å². The van der Waals surface area contributed by atoms with E-state index in [4.69, 9.17) is 23.2 Å². The van der Waals surface area contributed by atoms with Gasteiger partial charge in [0.2, 0.25) is 5.95 Å². The van der Waals surface area contributed by atoms with E-state index in [9.17, 15) is 8.42 Å². The maximum atomic E-state index is 12.4. The van der Waals surface area contributed by atoms with Crippen molar-refractivity contribution < 1.29 is 8.42 Å². The van der Waals surface area contributed by atoms with Crippen molar-refractivity contribution >= 4 is 44.8 Å². The molecule has 0 unspecified atom stereocenters. The number of benzene rings is 1. The fraction of sp³-hybridized carbons (Fsp3) is 0. The van der Waals surface area contributed by atoms with Gasteiger partial charge in [0.15, 0.2) is 5.65 Å². The minimum absolute atomic E-state index is 0.0313. The van der Waals surface area contributed by atoms with Gasteiger partial charge >= 0.3 is 0 Å². The summed E-state index contributed by atoms with van der Waals surface area (Å²) in [4.78, 5) is -0.194. The quantitative estimate of drug-likeness (QED) is 0.793. The first-order valence-electron chi connectivity index (χ1n) is 5.75. The summed E-state index contributed by atoms with van der Waals surface area (Å²) in [7, 11) is -3.97. The lowest BCUT2D eigenvalue weighted by Crippen LogP contribution is -2.16. The number of hydrogen-bond acceptors (Lipinski definition) is 4. The van der Waals surface area contributed by atoms with Gasteiger partial charge in [0.25, 0.3) is 10.0 Å². The average molecular weight is 343 g/mol. The molecule has 1 N–H and O–H groups in total. The standard InChI is InChI=1S/C12H8Cl2N4O2S/c13-8-4-3-5-9(14)11(8)21(19,20)17-12-16-15-10-6-1-2-7-18(10)12/h1-7H,(H,16,17). The molecule has 3 rings (SSSR count). The number of rotatable bonds is 3. The van der Waals surface area contributed by atoms with Gasteiger partial charge in [0.05, 0.1) is 10.0 Å². The van der Waals surface area contributed by atoms with Crippen LogP contribution in [0.25, 0.3) is 5.65 Å². The van der Waals surface area contributed by atoms with E-state index >= 15 is 0 Å². The molecule has 108 valence electrons. The molecule has 0 saturated heterocycles. The Balaban J connectivity index is 2.08. The van der Waals surface area contributed by atoms with E-state index in [0.29, 0.717) is 5.65 Å². The second-order valence-corrected chi connectivity index (χ2v) is 6.54. The second kappa shape index (κ2) is 5.18. The Morgan fingerprint density at radius 2 is 1.71 bits per heavy atom. The van der Waals surface area contributed by atoms with Crippen molar-refractivity contribution in [3.8, 4) is 0 Å². The van der Waals surface area contributed by atoms with Gasteiger partial charge < -0.3 is 0 Å². The Labute approximate surface area is 130 Å². The molecular weight excluding hydrogens is 335 g/mol. The van der Waals surface area contributed by atoms with Crippen molar-refractivity contribution in [2.75, 3.05) is 4.72 Å². The minimum atomic E-state index is -3.97. The molecule has 9 heteroatoms. The summed E-state index contributed by atoms with van der Waals surface area (Å²) >= 11 is 11.9. The van der Waals surface area contributed by atoms with Crippen LogP contribution in [0.3, 0.4) is 0 Å². The Kier molecular flexibility index (Phi) is 3.48. The largest absolute Gasteiger partial charge is 0.268 e. The van der Waals surface area contributed by atoms with E-state index in [-0.39, 0.29) is 20.9 Å². The van der Waals surface area contributed by atoms with Gasteiger partial charge in [-0.1, -0.05) is 35.3 Å². The highest BCUT2D eigenvalue weighted by Gasteiger charge is 2.23. The molecule has 0 spiro atoms. The predicted octanol–water partition coefficient (Wildman–Crippen LogP) is 2.84. The fourth-order valence-corrected chi connectivity index (χ4v) is 3.96. The molecule has 0 radical (unpaired) electrons. The van der Waals surface area contributed by atoms with E-state index in [2.05, 4.69) is 14.9 Å². The summed E-state index contributed by atoms with van der Waals surface area (Å²) in [6.45, 7) is 0. The number of hydrogen-bond donors (Lipinski definition) is 1. The van der Waals surface area contributed by atoms with Crippen LogP contribution in [0.4, 0.5) is 5.95 Å². The lowest BCUT2D eigenvalue weighted by atomic mass is 10.4. The number of aromatic nitrogens is 3. The number of halogens is 2. The van der Waals surface area contributed by atoms with Crippen molar-refractivity contribution in [2.45, 2.75) is 4.90 Å². The maximum Gasteiger partial charge on any atom is 0.267 e. The molecule has 2 heterocycles. The Morgan fingerprint density at radius 1 is 1.00 bits per heavy atom. The van der Waals surface area contributed by atoms with Gasteiger partial charge in [-0.15, -0.1) is 10.2 Å². The molecule has 0 aliphatic carbocycles. The Morgan fingerprint density at radius 3 is 2.43 bits per heavy atom. The first-order valence-corrected chi connectivity index (χ1v) is 7.99. The van der Waals surface area contributed by atoms with Gasteiger partial charge in [-0.3, -0.25) is 4.40 Å². The third kappa shape index (κ3) is 2.55. The smallest absolute Gasteiger partial charge is 0.267 e. The van der Waals surface area contributed by atoms with Gasteiger partial charge in [0.1, 0.15) is 4.90 Å². The molecule has 0 aliphatic rings. The number of sulfonamides is 1. The molecule has 6 nitrogen and oxygen atoms in total. The van der Waals surface area contributed by atoms with Crippen LogP contribution in [0, 0.1) is 0 Å². The highest BCUT2D eigenvalue weighted by Crippen LogP contribution is 2.30. The van der Waals surface area contributed by atoms with Gasteiger partial charge in [-0.05, 0) is 24.3 Å². The molecule has 1 aromatic carbocycles. The predicted molar refractivity (Wildman–Crippen MR) is 80.3 cm³/mol. The topological polar surface area (TPSA) is 76.4 Å². The van der Waals surface area contributed by atoms with Crippen molar-refractivity contribution in [2.24, 2.45) is 0 Å². The molecule has 0 amide bonds. The maximum absolute atomic E-state index is 12.4. The monoisotopic (exact) mass is 342 g/mol. The zero-order chi connectivity index (χ0) is 15.0. The van der Waals surface area contributed by atoms with Crippen LogP contribution in [0.1, 0.15) is 0 Å². The Hall–Kier alpha value is -1.83. The van der Waals surface area contributed by atoms with Crippen LogP contribution in [-0.4, -0.2) is 23.0 Å². The Bertz CT molecular complexity index is 904. The summed E-state index contributed by atoms with van der Waals surface area (Å²) in [5.41, 5.74) is 0.514. The van der Waals surface area contributed by atoms with Gasteiger partial charge in [-0.25, -0.2) is 13.1 Å². The van der Waals surface area contributed by atoms with Crippen molar-refractivity contribution in [1.82, 2.24) is 14.6 Å². The molecule has 2 aromatic heterocycles. The zero-order valence-corrected chi connectivity index (χ0v) is 12.7. The molecule has 0 bridgehead atoms. The van der Waals surface area contributed by atoms with E-state index in [1.165, 1.54) is 16.5 Å². The highest BCUT2D eigenvalue weighted by molar-refractivity contribution is 7.93. The van der Waals surface area contributed by atoms with E-state index in [0.717, 1.165) is 0 Å². The summed E-state index contributed by atoms with van der Waals surface area (Å²) in [6, 6.07) is 9.67. The second-order valence-electron chi connectivity index (χ2n) is 4.11. The number of anilines is 1. The van der Waals surface area contributed by atoms with Crippen LogP contribution in [0.5, 0.6) is 0 Å². The normalized spacial score (nSPS) is 11.7. The van der Waals surface area contributed by atoms with Gasteiger partial charge in [0, 0.05) is 6.20 Å². The number of nitrogens with one attached hydrogen (secondary N) is 1. The molecule has 21 heavy (non-hydrogen) atoms.